The lowest BCUT2D eigenvalue weighted by atomic mass is 9.33. The highest BCUT2D eigenvalue weighted by Crippen LogP contribution is 2.76. The second-order valence-corrected chi connectivity index (χ2v) is 14.9. The van der Waals surface area contributed by atoms with Crippen molar-refractivity contribution in [3.05, 3.63) is 24.0 Å². The first-order chi connectivity index (χ1) is 16.0. The average molecular weight is 485 g/mol. The first-order valence-corrected chi connectivity index (χ1v) is 14.0. The van der Waals surface area contributed by atoms with Crippen LogP contribution in [0, 0.1) is 50.7 Å². The minimum atomic E-state index is -0.908. The summed E-state index contributed by atoms with van der Waals surface area (Å²) in [6.45, 7) is 19.6. The fourth-order valence-electron chi connectivity index (χ4n) is 10.9. The van der Waals surface area contributed by atoms with Gasteiger partial charge in [0.25, 0.3) is 0 Å². The van der Waals surface area contributed by atoms with E-state index >= 15 is 0 Å². The lowest BCUT2D eigenvalue weighted by Crippen LogP contribution is -2.67. The molecule has 3 N–H and O–H groups in total. The molecule has 0 saturated heterocycles. The molecule has 4 heteroatoms. The Kier molecular flexibility index (Phi) is 5.28. The fraction of sp³-hybridized carbons (Fsp3) is 0.839. The Morgan fingerprint density at radius 3 is 2.29 bits per heavy atom. The van der Waals surface area contributed by atoms with Gasteiger partial charge in [-0.1, -0.05) is 59.8 Å². The third-order valence-electron chi connectivity index (χ3n) is 13.4. The van der Waals surface area contributed by atoms with Crippen LogP contribution in [0.4, 0.5) is 0 Å². The summed E-state index contributed by atoms with van der Waals surface area (Å²) in [5, 5.41) is 33.8. The molecule has 0 aromatic carbocycles. The molecule has 10 atom stereocenters. The third-order valence-corrected chi connectivity index (χ3v) is 13.4. The molecule has 0 amide bonds. The predicted octanol–water partition coefficient (Wildman–Crippen LogP) is 6.37. The Labute approximate surface area is 212 Å². The minimum absolute atomic E-state index is 0.00112. The van der Waals surface area contributed by atoms with Crippen LogP contribution in [-0.2, 0) is 4.79 Å². The van der Waals surface area contributed by atoms with E-state index in [1.165, 1.54) is 5.57 Å². The second kappa shape index (κ2) is 7.25. The van der Waals surface area contributed by atoms with Gasteiger partial charge in [0.2, 0.25) is 0 Å². The van der Waals surface area contributed by atoms with Gasteiger partial charge in [-0.25, -0.2) is 0 Å². The van der Waals surface area contributed by atoms with Gasteiger partial charge in [0.1, 0.15) is 6.10 Å². The number of allylic oxidation sites excluding steroid dienone is 2. The van der Waals surface area contributed by atoms with Crippen LogP contribution in [-0.4, -0.2) is 32.8 Å². The Hall–Kier alpha value is -1.13. The smallest absolute Gasteiger partial charge is 0.162 e. The van der Waals surface area contributed by atoms with Gasteiger partial charge in [-0.15, -0.1) is 0 Å². The molecule has 0 heterocycles. The number of hydrogen-bond acceptors (Lipinski definition) is 4. The van der Waals surface area contributed by atoms with Crippen molar-refractivity contribution in [2.24, 2.45) is 50.7 Å². The lowest BCUT2D eigenvalue weighted by Gasteiger charge is -2.71. The molecule has 0 aromatic heterocycles. The summed E-state index contributed by atoms with van der Waals surface area (Å²) in [7, 11) is 0. The summed E-state index contributed by atoms with van der Waals surface area (Å²) < 4.78 is 0. The van der Waals surface area contributed by atoms with Crippen molar-refractivity contribution in [3.8, 4) is 0 Å². The highest BCUT2D eigenvalue weighted by molar-refractivity contribution is 5.85. The monoisotopic (exact) mass is 484 g/mol. The van der Waals surface area contributed by atoms with Crippen LogP contribution in [0.15, 0.2) is 24.0 Å². The molecule has 0 unspecified atom stereocenters. The first-order valence-electron chi connectivity index (χ1n) is 14.0. The largest absolute Gasteiger partial charge is 0.512 e. The summed E-state index contributed by atoms with van der Waals surface area (Å²) >= 11 is 0. The molecule has 4 fully saturated rings. The van der Waals surface area contributed by atoms with Gasteiger partial charge >= 0.3 is 0 Å². The Bertz CT molecular complexity index is 992. The zero-order chi connectivity index (χ0) is 26.0. The summed E-state index contributed by atoms with van der Waals surface area (Å²) in [4.78, 5) is 13.1. The van der Waals surface area contributed by atoms with Gasteiger partial charge in [-0.05, 0) is 85.9 Å². The normalized spacial score (nSPS) is 55.1. The van der Waals surface area contributed by atoms with Crippen LogP contribution in [0.1, 0.15) is 99.8 Å². The van der Waals surface area contributed by atoms with Crippen molar-refractivity contribution in [2.45, 2.75) is 112 Å². The number of fused-ring (bicyclic) bond motifs is 7. The van der Waals surface area contributed by atoms with Crippen LogP contribution in [0.2, 0.25) is 0 Å². The SMILES string of the molecule is C=C(O)[C@]12CC[C@@H](C)[C@@](C)(O)[C@H]1C1=CC[C@@H]3[C@@]4(C)CC(=O)[C@H](O)C(C)(C)[C@@H]4CC[C@@]3(C)[C@]1(C)CC2. The Morgan fingerprint density at radius 2 is 1.66 bits per heavy atom. The van der Waals surface area contributed by atoms with E-state index in [4.69, 9.17) is 0 Å². The summed E-state index contributed by atoms with van der Waals surface area (Å²) in [5.41, 5.74) is -0.742. The molecule has 0 bridgehead atoms. The van der Waals surface area contributed by atoms with Crippen molar-refractivity contribution in [3.63, 3.8) is 0 Å². The summed E-state index contributed by atoms with van der Waals surface area (Å²) in [6, 6.07) is 0. The third kappa shape index (κ3) is 2.85. The molecule has 4 nitrogen and oxygen atoms in total. The van der Waals surface area contributed by atoms with Gasteiger partial charge in [-0.3, -0.25) is 4.79 Å². The second-order valence-electron chi connectivity index (χ2n) is 14.9. The number of Topliss-reactive ketones (excluding diaryl/α,β-unsaturated/α-hetero) is 1. The molecule has 35 heavy (non-hydrogen) atoms. The number of rotatable bonds is 1. The van der Waals surface area contributed by atoms with Crippen molar-refractivity contribution in [1.82, 2.24) is 0 Å². The fourth-order valence-corrected chi connectivity index (χ4v) is 10.9. The Balaban J connectivity index is 1.65. The van der Waals surface area contributed by atoms with Gasteiger partial charge in [0.05, 0.1) is 11.4 Å². The van der Waals surface area contributed by atoms with Gasteiger partial charge in [-0.2, -0.15) is 0 Å². The zero-order valence-electron chi connectivity index (χ0n) is 23.1. The molecule has 5 rings (SSSR count). The quantitative estimate of drug-likeness (QED) is 0.298. The number of carbonyl (C=O) groups is 1. The van der Waals surface area contributed by atoms with Crippen molar-refractivity contribution < 1.29 is 20.1 Å². The standard InChI is InChI=1S/C31H48O4/c1-18-11-14-31(19(2)32)16-15-28(6)20(24(31)30(18,8)35)9-10-23-27(5)17-21(33)25(34)26(3,4)22(27)12-13-29(23,28)7/h9,18,22-25,32,34-35H,2,10-17H2,1,3-8H3/t18-,22+,23-,24-,25+,27+,28-,29-,30-,31-/m1/s1. The zero-order valence-corrected chi connectivity index (χ0v) is 23.1. The molecule has 5 aliphatic carbocycles. The van der Waals surface area contributed by atoms with E-state index in [2.05, 4.69) is 54.2 Å². The van der Waals surface area contributed by atoms with Gasteiger partial charge < -0.3 is 15.3 Å². The van der Waals surface area contributed by atoms with Crippen LogP contribution in [0.3, 0.4) is 0 Å². The Morgan fingerprint density at radius 1 is 1.00 bits per heavy atom. The number of ketones is 1. The lowest BCUT2D eigenvalue weighted by molar-refractivity contribution is -0.210. The molecular formula is C31H48O4. The predicted molar refractivity (Wildman–Crippen MR) is 139 cm³/mol. The molecule has 0 aromatic rings. The van der Waals surface area contributed by atoms with Crippen LogP contribution in [0.5, 0.6) is 0 Å². The van der Waals surface area contributed by atoms with E-state index in [0.717, 1.165) is 44.9 Å². The maximum atomic E-state index is 13.1. The van der Waals surface area contributed by atoms with Gasteiger partial charge in [0.15, 0.2) is 5.78 Å². The van der Waals surface area contributed by atoms with E-state index in [9.17, 15) is 20.1 Å². The number of aliphatic hydroxyl groups excluding tert-OH is 2. The maximum absolute atomic E-state index is 13.1. The highest BCUT2D eigenvalue weighted by atomic mass is 16.3. The molecule has 0 radical (unpaired) electrons. The average Bonchev–Trinajstić information content (AvgIpc) is 2.75. The summed E-state index contributed by atoms with van der Waals surface area (Å²) in [6.07, 6.45) is 8.54. The van der Waals surface area contributed by atoms with E-state index in [1.54, 1.807) is 0 Å². The van der Waals surface area contributed by atoms with E-state index in [1.807, 2.05) is 6.92 Å². The maximum Gasteiger partial charge on any atom is 0.162 e. The minimum Gasteiger partial charge on any atom is -0.512 e. The highest BCUT2D eigenvalue weighted by Gasteiger charge is 2.71. The topological polar surface area (TPSA) is 77.8 Å². The van der Waals surface area contributed by atoms with E-state index < -0.39 is 22.5 Å². The molecule has 4 saturated carbocycles. The number of carbonyl (C=O) groups excluding carboxylic acids is 1. The summed E-state index contributed by atoms with van der Waals surface area (Å²) in [5.74, 6) is 0.909. The van der Waals surface area contributed by atoms with Crippen LogP contribution < -0.4 is 0 Å². The van der Waals surface area contributed by atoms with Crippen molar-refractivity contribution >= 4 is 5.78 Å². The molecule has 0 spiro atoms. The molecule has 0 aliphatic heterocycles. The molecule has 196 valence electrons. The van der Waals surface area contributed by atoms with Crippen molar-refractivity contribution in [1.29, 1.82) is 0 Å². The van der Waals surface area contributed by atoms with E-state index in [0.29, 0.717) is 18.3 Å². The molecular weight excluding hydrogens is 436 g/mol. The van der Waals surface area contributed by atoms with Crippen LogP contribution in [0.25, 0.3) is 0 Å². The van der Waals surface area contributed by atoms with Crippen molar-refractivity contribution in [2.75, 3.05) is 0 Å². The van der Waals surface area contributed by atoms with Crippen LogP contribution >= 0.6 is 0 Å². The van der Waals surface area contributed by atoms with E-state index in [-0.39, 0.29) is 39.6 Å². The number of aliphatic hydroxyl groups is 3. The first kappa shape index (κ1) is 25.5. The van der Waals surface area contributed by atoms with Gasteiger partial charge in [0, 0.05) is 23.2 Å². The number of hydrogen-bond donors (Lipinski definition) is 3. The molecule has 5 aliphatic rings.